The standard InChI is InChI=1S/C41H38BNO2Si/c1-26-22-31-40-37(23-26)45-36-24-28(43-34-14-8-10-16-38(34)46(3,4)39-17-11-9-15-35(39)43)18-21-32(36)42(40)33-25-29(44)19-20-30(33)41(31,2)27-12-6-5-7-13-27/h5-8,10,12-14,16,18-25,44H,9,11,15,17H2,1-4H3. The number of rotatable bonds is 2. The number of aryl methyl sites for hydroxylation is 1. The van der Waals surface area contributed by atoms with Crippen LogP contribution < -0.4 is 31.2 Å². The Balaban J connectivity index is 1.27. The number of anilines is 2. The van der Waals surface area contributed by atoms with Crippen molar-refractivity contribution >= 4 is 47.7 Å². The zero-order chi connectivity index (χ0) is 31.4. The lowest BCUT2D eigenvalue weighted by Gasteiger charge is -2.45. The summed E-state index contributed by atoms with van der Waals surface area (Å²) in [6, 6.07) is 37.3. The lowest BCUT2D eigenvalue weighted by Crippen LogP contribution is -2.63. The fraction of sp³-hybridized carbons (Fsp3) is 0.220. The molecule has 0 spiro atoms. The summed E-state index contributed by atoms with van der Waals surface area (Å²) in [5.41, 5.74) is 12.1. The van der Waals surface area contributed by atoms with Gasteiger partial charge in [0.2, 0.25) is 0 Å². The maximum atomic E-state index is 10.9. The molecule has 1 atom stereocenters. The van der Waals surface area contributed by atoms with Gasteiger partial charge in [0.25, 0.3) is 6.71 Å². The van der Waals surface area contributed by atoms with E-state index in [2.05, 4.69) is 123 Å². The molecule has 5 aromatic rings. The molecule has 5 aromatic carbocycles. The fourth-order valence-corrected chi connectivity index (χ4v) is 12.7. The summed E-state index contributed by atoms with van der Waals surface area (Å²) in [5, 5.41) is 14.1. The van der Waals surface area contributed by atoms with E-state index in [4.69, 9.17) is 4.74 Å². The van der Waals surface area contributed by atoms with Gasteiger partial charge in [-0.05, 0) is 108 Å². The van der Waals surface area contributed by atoms with Crippen LogP contribution >= 0.6 is 0 Å². The molecule has 0 radical (unpaired) electrons. The molecule has 4 aliphatic rings. The molecule has 1 unspecified atom stereocenters. The number of allylic oxidation sites excluding steroid dienone is 2. The van der Waals surface area contributed by atoms with Crippen LogP contribution in [0.1, 0.15) is 54.9 Å². The van der Waals surface area contributed by atoms with Gasteiger partial charge in [-0.15, -0.1) is 0 Å². The van der Waals surface area contributed by atoms with Crippen molar-refractivity contribution in [3.8, 4) is 17.2 Å². The Kier molecular flexibility index (Phi) is 5.90. The first-order valence-electron chi connectivity index (χ1n) is 16.7. The molecule has 0 fully saturated rings. The van der Waals surface area contributed by atoms with E-state index in [1.54, 1.807) is 5.20 Å². The van der Waals surface area contributed by atoms with E-state index in [-0.39, 0.29) is 6.71 Å². The Morgan fingerprint density at radius 2 is 1.57 bits per heavy atom. The van der Waals surface area contributed by atoms with Crippen LogP contribution in [0.25, 0.3) is 0 Å². The third-order valence-corrected chi connectivity index (χ3v) is 15.2. The van der Waals surface area contributed by atoms with Crippen molar-refractivity contribution in [1.82, 2.24) is 0 Å². The Hall–Kier alpha value is -4.48. The van der Waals surface area contributed by atoms with Gasteiger partial charge in [0.05, 0.1) is 0 Å². The van der Waals surface area contributed by atoms with Crippen molar-refractivity contribution in [2.45, 2.75) is 58.0 Å². The molecule has 0 bridgehead atoms. The zero-order valence-electron chi connectivity index (χ0n) is 27.0. The smallest absolute Gasteiger partial charge is 0.251 e. The van der Waals surface area contributed by atoms with E-state index >= 15 is 0 Å². The maximum absolute atomic E-state index is 10.9. The van der Waals surface area contributed by atoms with E-state index < -0.39 is 13.5 Å². The topological polar surface area (TPSA) is 32.7 Å². The highest BCUT2D eigenvalue weighted by molar-refractivity contribution is 6.98. The van der Waals surface area contributed by atoms with Crippen LogP contribution in [-0.2, 0) is 5.41 Å². The summed E-state index contributed by atoms with van der Waals surface area (Å²) in [6.45, 7) is 9.54. The van der Waals surface area contributed by atoms with Gasteiger partial charge in [-0.25, -0.2) is 0 Å². The number of fused-ring (bicyclic) bond motifs is 5. The minimum absolute atomic E-state index is 0.0354. The number of nitrogens with zero attached hydrogens (tertiary/aromatic N) is 1. The number of hydrogen-bond donors (Lipinski definition) is 1. The average molecular weight is 616 g/mol. The molecule has 226 valence electrons. The molecule has 0 saturated carbocycles. The van der Waals surface area contributed by atoms with Crippen LogP contribution in [0, 0.1) is 6.92 Å². The van der Waals surface area contributed by atoms with Crippen molar-refractivity contribution in [1.29, 1.82) is 0 Å². The number of benzene rings is 5. The Labute approximate surface area is 273 Å². The van der Waals surface area contributed by atoms with E-state index in [1.807, 2.05) is 12.1 Å². The molecule has 1 N–H and O–H groups in total. The molecule has 3 heterocycles. The van der Waals surface area contributed by atoms with Gasteiger partial charge in [-0.2, -0.15) is 0 Å². The molecule has 46 heavy (non-hydrogen) atoms. The van der Waals surface area contributed by atoms with Crippen LogP contribution in [0.3, 0.4) is 0 Å². The van der Waals surface area contributed by atoms with E-state index in [1.165, 1.54) is 69.2 Å². The second kappa shape index (κ2) is 9.76. The first-order chi connectivity index (χ1) is 22.3. The molecule has 9 rings (SSSR count). The number of ether oxygens (including phenoxy) is 1. The second-order valence-corrected chi connectivity index (χ2v) is 18.7. The van der Waals surface area contributed by atoms with Gasteiger partial charge in [0.15, 0.2) is 0 Å². The zero-order valence-corrected chi connectivity index (χ0v) is 28.0. The predicted molar refractivity (Wildman–Crippen MR) is 194 cm³/mol. The van der Waals surface area contributed by atoms with Crippen molar-refractivity contribution in [2.75, 3.05) is 4.90 Å². The largest absolute Gasteiger partial charge is 0.508 e. The Bertz CT molecular complexity index is 2120. The molecule has 0 amide bonds. The van der Waals surface area contributed by atoms with Gasteiger partial charge < -0.3 is 14.7 Å². The Morgan fingerprint density at radius 1 is 0.783 bits per heavy atom. The van der Waals surface area contributed by atoms with Gasteiger partial charge in [-0.3, -0.25) is 0 Å². The molecule has 0 saturated heterocycles. The summed E-state index contributed by atoms with van der Waals surface area (Å²) in [7, 11) is -1.75. The fourth-order valence-electron chi connectivity index (χ4n) is 9.23. The van der Waals surface area contributed by atoms with Gasteiger partial charge in [0, 0.05) is 28.6 Å². The highest BCUT2D eigenvalue weighted by Crippen LogP contribution is 2.47. The summed E-state index contributed by atoms with van der Waals surface area (Å²) in [4.78, 5) is 2.55. The highest BCUT2D eigenvalue weighted by atomic mass is 28.3. The van der Waals surface area contributed by atoms with Crippen molar-refractivity contribution in [2.24, 2.45) is 0 Å². The van der Waals surface area contributed by atoms with Crippen molar-refractivity contribution in [3.05, 3.63) is 136 Å². The summed E-state index contributed by atoms with van der Waals surface area (Å²) in [5.74, 6) is 2.12. The van der Waals surface area contributed by atoms with E-state index in [0.717, 1.165) is 28.8 Å². The first-order valence-corrected chi connectivity index (χ1v) is 19.7. The number of hydrogen-bond acceptors (Lipinski definition) is 3. The summed E-state index contributed by atoms with van der Waals surface area (Å²) >= 11 is 0. The monoisotopic (exact) mass is 615 g/mol. The second-order valence-electron chi connectivity index (χ2n) is 14.4. The molecule has 0 aromatic heterocycles. The molecule has 1 aliphatic carbocycles. The van der Waals surface area contributed by atoms with Gasteiger partial charge in [0.1, 0.15) is 25.3 Å². The molecular formula is C41H38BNO2Si. The van der Waals surface area contributed by atoms with Crippen LogP contribution in [-0.4, -0.2) is 19.9 Å². The average Bonchev–Trinajstić information content (AvgIpc) is 3.06. The minimum Gasteiger partial charge on any atom is -0.508 e. The van der Waals surface area contributed by atoms with Gasteiger partial charge >= 0.3 is 0 Å². The van der Waals surface area contributed by atoms with Crippen LogP contribution in [0.15, 0.2) is 114 Å². The van der Waals surface area contributed by atoms with Crippen molar-refractivity contribution < 1.29 is 9.84 Å². The predicted octanol–water partition coefficient (Wildman–Crippen LogP) is 7.42. The highest BCUT2D eigenvalue weighted by Gasteiger charge is 2.48. The number of phenols is 1. The first kappa shape index (κ1) is 27.8. The third kappa shape index (κ3) is 3.72. The lowest BCUT2D eigenvalue weighted by molar-refractivity contribution is 0.474. The molecule has 3 nitrogen and oxygen atoms in total. The number of aromatic hydroxyl groups is 1. The van der Waals surface area contributed by atoms with Crippen LogP contribution in [0.5, 0.6) is 17.2 Å². The van der Waals surface area contributed by atoms with E-state index in [9.17, 15) is 5.11 Å². The number of para-hydroxylation sites is 1. The molecular weight excluding hydrogens is 577 g/mol. The molecule has 5 heteroatoms. The third-order valence-electron chi connectivity index (χ3n) is 11.4. The molecule has 3 aliphatic heterocycles. The quantitative estimate of drug-likeness (QED) is 0.206. The maximum Gasteiger partial charge on any atom is 0.251 e. The van der Waals surface area contributed by atoms with Crippen molar-refractivity contribution in [3.63, 3.8) is 0 Å². The summed E-state index contributed by atoms with van der Waals surface area (Å²) in [6.07, 6.45) is 4.85. The lowest BCUT2D eigenvalue weighted by atomic mass is 9.30. The van der Waals surface area contributed by atoms with Gasteiger partial charge in [-0.1, -0.05) is 90.5 Å². The van der Waals surface area contributed by atoms with Crippen LogP contribution in [0.2, 0.25) is 13.1 Å². The van der Waals surface area contributed by atoms with Crippen LogP contribution in [0.4, 0.5) is 11.4 Å². The number of phenolic OH excluding ortho intramolecular Hbond substituents is 1. The Morgan fingerprint density at radius 3 is 2.41 bits per heavy atom. The summed E-state index contributed by atoms with van der Waals surface area (Å²) < 4.78 is 6.98. The SMILES string of the molecule is Cc1cc2c3c(c1)C(C)(c1ccccc1)c1ccc(O)cc1B3c1ccc(N3C4=C(CCCC4)[Si](C)(C)c4ccccc43)cc1O2. The normalized spacial score (nSPS) is 20.2. The minimum atomic E-state index is -1.75. The van der Waals surface area contributed by atoms with E-state index in [0.29, 0.717) is 5.75 Å².